The molecular weight excluding hydrogens is 505 g/mol. The minimum atomic E-state index is -4.49. The zero-order valence-corrected chi connectivity index (χ0v) is 18.1. The van der Waals surface area contributed by atoms with Crippen LogP contribution in [0.4, 0.5) is 24.0 Å². The molecule has 3 rings (SSSR count). The molecule has 0 atom stereocenters. The number of anilines is 2. The van der Waals surface area contributed by atoms with Crippen LogP contribution in [0.25, 0.3) is 0 Å². The summed E-state index contributed by atoms with van der Waals surface area (Å²) in [4.78, 5) is 24.2. The van der Waals surface area contributed by atoms with E-state index in [0.717, 1.165) is 39.7 Å². The number of thioether (sulfide) groups is 1. The van der Waals surface area contributed by atoms with Gasteiger partial charge in [0.05, 0.1) is 11.3 Å². The van der Waals surface area contributed by atoms with Crippen molar-refractivity contribution in [1.29, 1.82) is 0 Å². The Morgan fingerprint density at radius 1 is 1.07 bits per heavy atom. The van der Waals surface area contributed by atoms with Crippen LogP contribution in [-0.2, 0) is 11.0 Å². The molecule has 0 aliphatic carbocycles. The van der Waals surface area contributed by atoms with E-state index in [1.807, 2.05) is 0 Å². The van der Waals surface area contributed by atoms with E-state index < -0.39 is 17.6 Å². The van der Waals surface area contributed by atoms with Crippen molar-refractivity contribution in [2.24, 2.45) is 0 Å². The van der Waals surface area contributed by atoms with Gasteiger partial charge in [0.1, 0.15) is 0 Å². The number of hydrogen-bond donors (Lipinski definition) is 2. The van der Waals surface area contributed by atoms with E-state index in [9.17, 15) is 22.8 Å². The highest BCUT2D eigenvalue weighted by Gasteiger charge is 2.30. The van der Waals surface area contributed by atoms with E-state index in [2.05, 4.69) is 36.8 Å². The van der Waals surface area contributed by atoms with Gasteiger partial charge in [-0.1, -0.05) is 45.1 Å². The molecule has 6 nitrogen and oxygen atoms in total. The van der Waals surface area contributed by atoms with Crippen LogP contribution >= 0.6 is 39.0 Å². The molecule has 2 aromatic carbocycles. The minimum absolute atomic E-state index is 0.0511. The normalized spacial score (nSPS) is 11.2. The fourth-order valence-corrected chi connectivity index (χ4v) is 4.00. The highest BCUT2D eigenvalue weighted by Crippen LogP contribution is 2.31. The van der Waals surface area contributed by atoms with Gasteiger partial charge in [-0.05, 0) is 42.5 Å². The predicted molar refractivity (Wildman–Crippen MR) is 113 cm³/mol. The Morgan fingerprint density at radius 3 is 2.50 bits per heavy atom. The molecule has 1 aromatic heterocycles. The number of rotatable bonds is 6. The van der Waals surface area contributed by atoms with E-state index in [1.54, 1.807) is 24.3 Å². The lowest BCUT2D eigenvalue weighted by atomic mass is 10.2. The minimum Gasteiger partial charge on any atom is -0.325 e. The molecule has 0 radical (unpaired) electrons. The molecule has 2 amide bonds. The first kappa shape index (κ1) is 22.2. The van der Waals surface area contributed by atoms with Gasteiger partial charge >= 0.3 is 6.18 Å². The Kier molecular flexibility index (Phi) is 7.10. The fraction of sp³-hybridized carbons (Fsp3) is 0.111. The van der Waals surface area contributed by atoms with E-state index in [0.29, 0.717) is 9.90 Å². The van der Waals surface area contributed by atoms with Crippen LogP contribution in [0.3, 0.4) is 0 Å². The molecule has 30 heavy (non-hydrogen) atoms. The van der Waals surface area contributed by atoms with Gasteiger partial charge in [-0.2, -0.15) is 13.2 Å². The molecule has 3 aromatic rings. The molecule has 0 unspecified atom stereocenters. The van der Waals surface area contributed by atoms with Crippen molar-refractivity contribution in [3.05, 3.63) is 64.1 Å². The Morgan fingerprint density at radius 2 is 1.80 bits per heavy atom. The SMILES string of the molecule is O=C(CSc1nnc(NC(=O)c2ccc(Br)cc2)s1)Nc1cccc(C(F)(F)F)c1. The molecule has 0 aliphatic rings. The number of carbonyl (C=O) groups is 2. The first-order valence-corrected chi connectivity index (χ1v) is 10.8. The van der Waals surface area contributed by atoms with Gasteiger partial charge in [0.2, 0.25) is 11.0 Å². The van der Waals surface area contributed by atoms with Crippen LogP contribution in [0.5, 0.6) is 0 Å². The maximum absolute atomic E-state index is 12.7. The molecule has 156 valence electrons. The number of hydrogen-bond acceptors (Lipinski definition) is 6. The number of halogens is 4. The Hall–Kier alpha value is -2.44. The van der Waals surface area contributed by atoms with Gasteiger partial charge in [0.25, 0.3) is 5.91 Å². The second kappa shape index (κ2) is 9.58. The van der Waals surface area contributed by atoms with Crippen LogP contribution in [0, 0.1) is 0 Å². The summed E-state index contributed by atoms with van der Waals surface area (Å²) < 4.78 is 39.5. The van der Waals surface area contributed by atoms with Crippen molar-refractivity contribution in [1.82, 2.24) is 10.2 Å². The number of alkyl halides is 3. The third-order valence-corrected chi connectivity index (χ3v) is 6.03. The average molecular weight is 517 g/mol. The lowest BCUT2D eigenvalue weighted by Gasteiger charge is -2.09. The number of benzene rings is 2. The number of nitrogens with zero attached hydrogens (tertiary/aromatic N) is 2. The van der Waals surface area contributed by atoms with Crippen molar-refractivity contribution in [2.45, 2.75) is 10.5 Å². The second-order valence-electron chi connectivity index (χ2n) is 5.75. The smallest absolute Gasteiger partial charge is 0.325 e. The summed E-state index contributed by atoms with van der Waals surface area (Å²) in [6, 6.07) is 11.1. The first-order chi connectivity index (χ1) is 14.2. The van der Waals surface area contributed by atoms with Crippen molar-refractivity contribution in [3.8, 4) is 0 Å². The summed E-state index contributed by atoms with van der Waals surface area (Å²) in [6.07, 6.45) is -4.49. The van der Waals surface area contributed by atoms with Gasteiger partial charge < -0.3 is 5.32 Å². The molecule has 1 heterocycles. The van der Waals surface area contributed by atoms with Crippen molar-refractivity contribution < 1.29 is 22.8 Å². The first-order valence-electron chi connectivity index (χ1n) is 8.21. The van der Waals surface area contributed by atoms with Crippen LogP contribution in [-0.4, -0.2) is 27.8 Å². The third kappa shape index (κ3) is 6.28. The molecule has 0 saturated heterocycles. The summed E-state index contributed by atoms with van der Waals surface area (Å²) in [5.41, 5.74) is -0.346. The monoisotopic (exact) mass is 516 g/mol. The summed E-state index contributed by atoms with van der Waals surface area (Å²) in [7, 11) is 0. The highest BCUT2D eigenvalue weighted by molar-refractivity contribution is 9.10. The van der Waals surface area contributed by atoms with Crippen molar-refractivity contribution in [2.75, 3.05) is 16.4 Å². The van der Waals surface area contributed by atoms with Crippen LogP contribution < -0.4 is 10.6 Å². The molecular formula is C18H12BrF3N4O2S2. The van der Waals surface area contributed by atoms with Crippen LogP contribution in [0.2, 0.25) is 0 Å². The summed E-state index contributed by atoms with van der Waals surface area (Å²) >= 11 is 5.43. The van der Waals surface area contributed by atoms with Crippen molar-refractivity contribution in [3.63, 3.8) is 0 Å². The number of nitrogens with one attached hydrogen (secondary N) is 2. The zero-order valence-electron chi connectivity index (χ0n) is 14.9. The topological polar surface area (TPSA) is 84.0 Å². The zero-order chi connectivity index (χ0) is 21.7. The molecule has 12 heteroatoms. The van der Waals surface area contributed by atoms with Gasteiger partial charge in [0.15, 0.2) is 4.34 Å². The Bertz CT molecular complexity index is 1060. The second-order valence-corrected chi connectivity index (χ2v) is 8.87. The van der Waals surface area contributed by atoms with Crippen LogP contribution in [0.1, 0.15) is 15.9 Å². The van der Waals surface area contributed by atoms with E-state index in [4.69, 9.17) is 0 Å². The van der Waals surface area contributed by atoms with Gasteiger partial charge in [0, 0.05) is 15.7 Å². The molecule has 0 spiro atoms. The molecule has 0 fully saturated rings. The van der Waals surface area contributed by atoms with Crippen LogP contribution in [0.15, 0.2) is 57.3 Å². The molecule has 0 saturated carbocycles. The Balaban J connectivity index is 1.52. The summed E-state index contributed by atoms with van der Waals surface area (Å²) in [5, 5.41) is 13.0. The largest absolute Gasteiger partial charge is 0.416 e. The quantitative estimate of drug-likeness (QED) is 0.343. The summed E-state index contributed by atoms with van der Waals surface area (Å²) in [5.74, 6) is -0.918. The standard InChI is InChI=1S/C18H12BrF3N4O2S2/c19-12-6-4-10(5-7-12)15(28)24-16-25-26-17(30-16)29-9-14(27)23-13-3-1-2-11(8-13)18(20,21)22/h1-8H,9H2,(H,23,27)(H,24,25,28). The molecule has 0 bridgehead atoms. The average Bonchev–Trinajstić information content (AvgIpc) is 3.14. The lowest BCUT2D eigenvalue weighted by molar-refractivity contribution is -0.137. The highest BCUT2D eigenvalue weighted by atomic mass is 79.9. The van der Waals surface area contributed by atoms with Gasteiger partial charge in [-0.25, -0.2) is 0 Å². The fourth-order valence-electron chi connectivity index (χ4n) is 2.19. The van der Waals surface area contributed by atoms with Gasteiger partial charge in [-0.3, -0.25) is 14.9 Å². The third-order valence-electron chi connectivity index (χ3n) is 3.53. The molecule has 0 aliphatic heterocycles. The van der Waals surface area contributed by atoms with E-state index in [1.165, 1.54) is 12.1 Å². The van der Waals surface area contributed by atoms with Crippen molar-refractivity contribution >= 4 is 61.7 Å². The van der Waals surface area contributed by atoms with E-state index >= 15 is 0 Å². The number of aromatic nitrogens is 2. The van der Waals surface area contributed by atoms with Gasteiger partial charge in [-0.15, -0.1) is 10.2 Å². The maximum atomic E-state index is 12.7. The lowest BCUT2D eigenvalue weighted by Crippen LogP contribution is -2.15. The van der Waals surface area contributed by atoms with E-state index in [-0.39, 0.29) is 22.5 Å². The summed E-state index contributed by atoms with van der Waals surface area (Å²) in [6.45, 7) is 0. The predicted octanol–water partition coefficient (Wildman–Crippen LogP) is 5.30. The maximum Gasteiger partial charge on any atom is 0.416 e. The number of carbonyl (C=O) groups excluding carboxylic acids is 2. The number of amides is 2. The molecule has 2 N–H and O–H groups in total. The Labute approximate surface area is 185 Å².